The topological polar surface area (TPSA) is 86.5 Å². The SMILES string of the molecule is O=C(NCC1COc2ccccc2O1)c1cnon1. The van der Waals surface area contributed by atoms with Gasteiger partial charge in [-0.05, 0) is 17.3 Å². The van der Waals surface area contributed by atoms with E-state index in [4.69, 9.17) is 9.47 Å². The molecule has 1 N–H and O–H groups in total. The van der Waals surface area contributed by atoms with Crippen molar-refractivity contribution in [2.75, 3.05) is 13.2 Å². The van der Waals surface area contributed by atoms with E-state index in [-0.39, 0.29) is 17.7 Å². The maximum Gasteiger partial charge on any atom is 0.275 e. The first-order valence-corrected chi connectivity index (χ1v) is 5.77. The van der Waals surface area contributed by atoms with Crippen molar-refractivity contribution in [3.05, 3.63) is 36.2 Å². The van der Waals surface area contributed by atoms with Crippen LogP contribution in [0.3, 0.4) is 0 Å². The van der Waals surface area contributed by atoms with Gasteiger partial charge >= 0.3 is 0 Å². The van der Waals surface area contributed by atoms with E-state index in [9.17, 15) is 4.79 Å². The van der Waals surface area contributed by atoms with Crippen LogP contribution < -0.4 is 14.8 Å². The molecule has 0 saturated carbocycles. The summed E-state index contributed by atoms with van der Waals surface area (Å²) in [5.41, 5.74) is 0.136. The molecule has 1 aliphatic heterocycles. The second-order valence-corrected chi connectivity index (χ2v) is 4.00. The van der Waals surface area contributed by atoms with Gasteiger partial charge in [0, 0.05) is 0 Å². The van der Waals surface area contributed by atoms with Crippen LogP contribution in [0, 0.1) is 0 Å². The fourth-order valence-corrected chi connectivity index (χ4v) is 1.73. The highest BCUT2D eigenvalue weighted by Gasteiger charge is 2.21. The Bertz CT molecular complexity index is 570. The van der Waals surface area contributed by atoms with E-state index in [0.29, 0.717) is 24.7 Å². The summed E-state index contributed by atoms with van der Waals surface area (Å²) >= 11 is 0. The molecule has 2 aromatic rings. The molecule has 1 unspecified atom stereocenters. The highest BCUT2D eigenvalue weighted by molar-refractivity contribution is 5.91. The third kappa shape index (κ3) is 2.49. The van der Waals surface area contributed by atoms with E-state index in [1.807, 2.05) is 24.3 Å². The number of rotatable bonds is 3. The van der Waals surface area contributed by atoms with Crippen LogP contribution in [0.25, 0.3) is 0 Å². The van der Waals surface area contributed by atoms with E-state index in [0.717, 1.165) is 0 Å². The van der Waals surface area contributed by atoms with Crippen molar-refractivity contribution in [3.63, 3.8) is 0 Å². The van der Waals surface area contributed by atoms with Crippen LogP contribution in [0.5, 0.6) is 11.5 Å². The molecule has 7 nitrogen and oxygen atoms in total. The number of carbonyl (C=O) groups excluding carboxylic acids is 1. The molecule has 0 radical (unpaired) electrons. The van der Waals surface area contributed by atoms with Crippen LogP contribution >= 0.6 is 0 Å². The number of benzene rings is 1. The lowest BCUT2D eigenvalue weighted by Crippen LogP contribution is -2.40. The summed E-state index contributed by atoms with van der Waals surface area (Å²) in [6.07, 6.45) is 1.02. The summed E-state index contributed by atoms with van der Waals surface area (Å²) in [5.74, 6) is 1.03. The maximum absolute atomic E-state index is 11.6. The molecule has 1 aliphatic rings. The monoisotopic (exact) mass is 261 g/mol. The van der Waals surface area contributed by atoms with Gasteiger partial charge in [-0.1, -0.05) is 17.3 Å². The van der Waals surface area contributed by atoms with Crippen molar-refractivity contribution in [1.29, 1.82) is 0 Å². The highest BCUT2D eigenvalue weighted by Crippen LogP contribution is 2.30. The molecular weight excluding hydrogens is 250 g/mol. The minimum Gasteiger partial charge on any atom is -0.486 e. The van der Waals surface area contributed by atoms with Gasteiger partial charge in [0.25, 0.3) is 5.91 Å². The van der Waals surface area contributed by atoms with Crippen LogP contribution in [0.2, 0.25) is 0 Å². The fraction of sp³-hybridized carbons (Fsp3) is 0.250. The largest absolute Gasteiger partial charge is 0.486 e. The third-order valence-corrected chi connectivity index (χ3v) is 2.65. The fourth-order valence-electron chi connectivity index (χ4n) is 1.73. The number of amides is 1. The Kier molecular flexibility index (Phi) is 3.01. The van der Waals surface area contributed by atoms with Gasteiger partial charge in [-0.3, -0.25) is 4.79 Å². The van der Waals surface area contributed by atoms with Crippen LogP contribution in [-0.2, 0) is 0 Å². The van der Waals surface area contributed by atoms with Crippen molar-refractivity contribution in [2.45, 2.75) is 6.10 Å². The summed E-state index contributed by atoms with van der Waals surface area (Å²) in [6.45, 7) is 0.703. The lowest BCUT2D eigenvalue weighted by molar-refractivity contribution is 0.0783. The molecule has 3 rings (SSSR count). The number of hydrogen-bond acceptors (Lipinski definition) is 6. The molecule has 98 valence electrons. The van der Waals surface area contributed by atoms with E-state index in [1.54, 1.807) is 0 Å². The molecular formula is C12H11N3O4. The zero-order valence-corrected chi connectivity index (χ0v) is 9.91. The van der Waals surface area contributed by atoms with Crippen molar-refractivity contribution < 1.29 is 18.9 Å². The number of aromatic nitrogens is 2. The van der Waals surface area contributed by atoms with E-state index >= 15 is 0 Å². The summed E-state index contributed by atoms with van der Waals surface area (Å²) in [6, 6.07) is 7.40. The second-order valence-electron chi connectivity index (χ2n) is 4.00. The number of ether oxygens (including phenoxy) is 2. The third-order valence-electron chi connectivity index (χ3n) is 2.65. The first-order chi connectivity index (χ1) is 9.33. The van der Waals surface area contributed by atoms with Gasteiger partial charge in [0.05, 0.1) is 6.54 Å². The number of hydrogen-bond donors (Lipinski definition) is 1. The van der Waals surface area contributed by atoms with Crippen molar-refractivity contribution >= 4 is 5.91 Å². The molecule has 0 aliphatic carbocycles. The van der Waals surface area contributed by atoms with Crippen LogP contribution in [0.4, 0.5) is 0 Å². The number of nitrogens with zero attached hydrogens (tertiary/aromatic N) is 2. The van der Waals surface area contributed by atoms with E-state index in [1.165, 1.54) is 6.20 Å². The normalized spacial score (nSPS) is 16.9. The molecule has 19 heavy (non-hydrogen) atoms. The maximum atomic E-state index is 11.6. The van der Waals surface area contributed by atoms with Crippen molar-refractivity contribution in [2.24, 2.45) is 0 Å². The number of carbonyl (C=O) groups is 1. The Labute approximate surface area is 108 Å². The van der Waals surface area contributed by atoms with Gasteiger partial charge in [0.15, 0.2) is 17.2 Å². The molecule has 1 atom stereocenters. The molecule has 1 aromatic heterocycles. The van der Waals surface area contributed by atoms with Gasteiger partial charge in [-0.2, -0.15) is 0 Å². The van der Waals surface area contributed by atoms with Gasteiger partial charge in [-0.25, -0.2) is 4.63 Å². The van der Waals surface area contributed by atoms with Gasteiger partial charge in [-0.15, -0.1) is 0 Å². The average Bonchev–Trinajstić information content (AvgIpc) is 2.99. The lowest BCUT2D eigenvalue weighted by atomic mass is 10.2. The molecule has 0 bridgehead atoms. The summed E-state index contributed by atoms with van der Waals surface area (Å²) in [7, 11) is 0. The van der Waals surface area contributed by atoms with Gasteiger partial charge in [0.1, 0.15) is 18.9 Å². The van der Waals surface area contributed by atoms with Crippen molar-refractivity contribution in [1.82, 2.24) is 15.6 Å². The summed E-state index contributed by atoms with van der Waals surface area (Å²) < 4.78 is 15.6. The highest BCUT2D eigenvalue weighted by atomic mass is 16.6. The Morgan fingerprint density at radius 3 is 3.00 bits per heavy atom. The zero-order chi connectivity index (χ0) is 13.1. The summed E-state index contributed by atoms with van der Waals surface area (Å²) in [5, 5.41) is 9.49. The van der Waals surface area contributed by atoms with Crippen molar-refractivity contribution in [3.8, 4) is 11.5 Å². The molecule has 7 heteroatoms. The Morgan fingerprint density at radius 2 is 2.21 bits per heavy atom. The summed E-state index contributed by atoms with van der Waals surface area (Å²) in [4.78, 5) is 11.6. The van der Waals surface area contributed by atoms with Crippen LogP contribution in [0.1, 0.15) is 10.5 Å². The van der Waals surface area contributed by atoms with E-state index < -0.39 is 0 Å². The molecule has 2 heterocycles. The molecule has 1 aromatic carbocycles. The van der Waals surface area contributed by atoms with Gasteiger partial charge in [0.2, 0.25) is 0 Å². The molecule has 0 fully saturated rings. The molecule has 0 spiro atoms. The lowest BCUT2D eigenvalue weighted by Gasteiger charge is -2.26. The standard InChI is InChI=1S/C12H11N3O4/c16-12(9-6-14-19-15-9)13-5-8-7-17-10-3-1-2-4-11(10)18-8/h1-4,6,8H,5,7H2,(H,13,16). The number of nitrogens with one attached hydrogen (secondary N) is 1. The smallest absolute Gasteiger partial charge is 0.275 e. The minimum atomic E-state index is -0.358. The number of fused-ring (bicyclic) bond motifs is 1. The minimum absolute atomic E-state index is 0.136. The second kappa shape index (κ2) is 4.97. The first kappa shape index (κ1) is 11.5. The first-order valence-electron chi connectivity index (χ1n) is 5.77. The Balaban J connectivity index is 1.57. The van der Waals surface area contributed by atoms with Crippen LogP contribution in [0.15, 0.2) is 35.1 Å². The average molecular weight is 261 g/mol. The number of para-hydroxylation sites is 2. The molecule has 0 saturated heterocycles. The zero-order valence-electron chi connectivity index (χ0n) is 9.91. The molecule has 1 amide bonds. The predicted molar refractivity (Wildman–Crippen MR) is 63.0 cm³/mol. The van der Waals surface area contributed by atoms with Crippen LogP contribution in [-0.4, -0.2) is 35.5 Å². The Morgan fingerprint density at radius 1 is 1.37 bits per heavy atom. The Hall–Kier alpha value is -2.57. The van der Waals surface area contributed by atoms with Gasteiger partial charge < -0.3 is 14.8 Å². The van der Waals surface area contributed by atoms with E-state index in [2.05, 4.69) is 20.3 Å². The predicted octanol–water partition coefficient (Wildman–Crippen LogP) is 0.639. The quantitative estimate of drug-likeness (QED) is 0.872.